The van der Waals surface area contributed by atoms with Gasteiger partial charge in [0.1, 0.15) is 11.5 Å². The number of benzene rings is 4. The Labute approximate surface area is 232 Å². The van der Waals surface area contributed by atoms with E-state index < -0.39 is 0 Å². The number of hydrogen-bond acceptors (Lipinski definition) is 5. The van der Waals surface area contributed by atoms with Crippen LogP contribution in [-0.4, -0.2) is 31.7 Å². The molecule has 0 aromatic heterocycles. The van der Waals surface area contributed by atoms with Crippen molar-refractivity contribution in [3.8, 4) is 22.6 Å². The molecule has 0 saturated carbocycles. The van der Waals surface area contributed by atoms with Crippen LogP contribution in [-0.2, 0) is 16.1 Å². The van der Waals surface area contributed by atoms with Gasteiger partial charge in [-0.05, 0) is 54.3 Å². The summed E-state index contributed by atoms with van der Waals surface area (Å²) >= 11 is 0. The molecule has 202 valence electrons. The Morgan fingerprint density at radius 2 is 1.36 bits per heavy atom. The average molecular weight is 524 g/mol. The van der Waals surface area contributed by atoms with Crippen LogP contribution in [0.5, 0.6) is 11.5 Å². The molecule has 4 rings (SSSR count). The van der Waals surface area contributed by atoms with Crippen LogP contribution in [0.25, 0.3) is 11.1 Å². The summed E-state index contributed by atoms with van der Waals surface area (Å²) < 4.78 is 16.9. The molecule has 0 aliphatic carbocycles. The SMILES string of the molecule is CCOC(=O)C[C@@H](c1cccc(-c2c(OC)cccc2OC)c1)N(Cc1ccccc1)[C@H](C)c1ccccc1. The summed E-state index contributed by atoms with van der Waals surface area (Å²) in [5.74, 6) is 1.24. The number of carbonyl (C=O) groups excluding carboxylic acids is 1. The molecule has 39 heavy (non-hydrogen) atoms. The summed E-state index contributed by atoms with van der Waals surface area (Å²) in [5.41, 5.74) is 5.22. The quantitative estimate of drug-likeness (QED) is 0.179. The van der Waals surface area contributed by atoms with Crippen molar-refractivity contribution in [2.45, 2.75) is 38.9 Å². The molecule has 0 bridgehead atoms. The number of esters is 1. The number of methoxy groups -OCH3 is 2. The van der Waals surface area contributed by atoms with E-state index in [1.807, 2.05) is 49.4 Å². The number of rotatable bonds is 12. The van der Waals surface area contributed by atoms with Gasteiger partial charge >= 0.3 is 5.97 Å². The molecule has 0 saturated heterocycles. The molecule has 0 spiro atoms. The fraction of sp³-hybridized carbons (Fsp3) is 0.265. The van der Waals surface area contributed by atoms with Gasteiger partial charge < -0.3 is 14.2 Å². The van der Waals surface area contributed by atoms with E-state index in [2.05, 4.69) is 72.5 Å². The second-order valence-corrected chi connectivity index (χ2v) is 9.43. The normalized spacial score (nSPS) is 12.5. The smallest absolute Gasteiger partial charge is 0.307 e. The summed E-state index contributed by atoms with van der Waals surface area (Å²) in [6.07, 6.45) is 0.227. The minimum atomic E-state index is -0.236. The van der Waals surface area contributed by atoms with E-state index in [9.17, 15) is 4.79 Å². The lowest BCUT2D eigenvalue weighted by Crippen LogP contribution is -2.33. The van der Waals surface area contributed by atoms with Crippen molar-refractivity contribution in [1.82, 2.24) is 4.90 Å². The fourth-order valence-electron chi connectivity index (χ4n) is 5.08. The van der Waals surface area contributed by atoms with Crippen LogP contribution >= 0.6 is 0 Å². The molecular formula is C34H37NO4. The molecule has 0 aliphatic rings. The van der Waals surface area contributed by atoms with Crippen LogP contribution in [0.1, 0.15) is 49.0 Å². The van der Waals surface area contributed by atoms with Gasteiger partial charge in [0, 0.05) is 18.6 Å². The predicted octanol–water partition coefficient (Wildman–Crippen LogP) is 7.63. The first-order valence-electron chi connectivity index (χ1n) is 13.4. The molecular weight excluding hydrogens is 486 g/mol. The summed E-state index contributed by atoms with van der Waals surface area (Å²) in [7, 11) is 3.32. The van der Waals surface area contributed by atoms with Crippen LogP contribution in [0.2, 0.25) is 0 Å². The zero-order valence-electron chi connectivity index (χ0n) is 23.2. The Morgan fingerprint density at radius 1 is 0.769 bits per heavy atom. The van der Waals surface area contributed by atoms with E-state index in [-0.39, 0.29) is 24.5 Å². The number of hydrogen-bond donors (Lipinski definition) is 0. The summed E-state index contributed by atoms with van der Waals surface area (Å²) in [5, 5.41) is 0. The zero-order valence-corrected chi connectivity index (χ0v) is 23.2. The lowest BCUT2D eigenvalue weighted by atomic mass is 9.93. The predicted molar refractivity (Wildman–Crippen MR) is 156 cm³/mol. The summed E-state index contributed by atoms with van der Waals surface area (Å²) in [4.78, 5) is 15.4. The molecule has 2 atom stereocenters. The Balaban J connectivity index is 1.84. The van der Waals surface area contributed by atoms with Gasteiger partial charge in [0.25, 0.3) is 0 Å². The monoisotopic (exact) mass is 523 g/mol. The van der Waals surface area contributed by atoms with Crippen LogP contribution in [0.3, 0.4) is 0 Å². The second-order valence-electron chi connectivity index (χ2n) is 9.43. The highest BCUT2D eigenvalue weighted by molar-refractivity contribution is 5.77. The van der Waals surface area contributed by atoms with Gasteiger partial charge in [-0.25, -0.2) is 0 Å². The third-order valence-corrected chi connectivity index (χ3v) is 7.04. The summed E-state index contributed by atoms with van der Waals surface area (Å²) in [6.45, 7) is 5.06. The number of ether oxygens (including phenoxy) is 3. The summed E-state index contributed by atoms with van der Waals surface area (Å²) in [6, 6.07) is 34.7. The van der Waals surface area contributed by atoms with E-state index >= 15 is 0 Å². The molecule has 4 aromatic rings. The molecule has 4 aromatic carbocycles. The van der Waals surface area contributed by atoms with Gasteiger partial charge in [-0.15, -0.1) is 0 Å². The van der Waals surface area contributed by atoms with Crippen molar-refractivity contribution in [3.63, 3.8) is 0 Å². The molecule has 0 radical (unpaired) electrons. The maximum atomic E-state index is 13.0. The van der Waals surface area contributed by atoms with Crippen molar-refractivity contribution < 1.29 is 19.0 Å². The molecule has 0 amide bonds. The highest BCUT2D eigenvalue weighted by atomic mass is 16.5. The van der Waals surface area contributed by atoms with Crippen molar-refractivity contribution in [2.75, 3.05) is 20.8 Å². The first-order valence-corrected chi connectivity index (χ1v) is 13.4. The van der Waals surface area contributed by atoms with E-state index in [0.29, 0.717) is 13.2 Å². The van der Waals surface area contributed by atoms with E-state index in [4.69, 9.17) is 14.2 Å². The largest absolute Gasteiger partial charge is 0.496 e. The van der Waals surface area contributed by atoms with Crippen LogP contribution in [0.4, 0.5) is 0 Å². The van der Waals surface area contributed by atoms with Crippen molar-refractivity contribution in [1.29, 1.82) is 0 Å². The zero-order chi connectivity index (χ0) is 27.6. The molecule has 0 unspecified atom stereocenters. The second kappa shape index (κ2) is 13.6. The van der Waals surface area contributed by atoms with Crippen LogP contribution < -0.4 is 9.47 Å². The Morgan fingerprint density at radius 3 is 1.97 bits per heavy atom. The van der Waals surface area contributed by atoms with Crippen LogP contribution in [0, 0.1) is 0 Å². The highest BCUT2D eigenvalue weighted by Crippen LogP contribution is 2.41. The van der Waals surface area contributed by atoms with Gasteiger partial charge in [-0.3, -0.25) is 9.69 Å². The van der Waals surface area contributed by atoms with Crippen molar-refractivity contribution in [3.05, 3.63) is 120 Å². The molecule has 5 nitrogen and oxygen atoms in total. The first-order chi connectivity index (χ1) is 19.0. The van der Waals surface area contributed by atoms with E-state index in [0.717, 1.165) is 28.2 Å². The third kappa shape index (κ3) is 6.87. The first kappa shape index (κ1) is 27.9. The molecule has 0 heterocycles. The highest BCUT2D eigenvalue weighted by Gasteiger charge is 2.29. The molecule has 5 heteroatoms. The standard InChI is InChI=1S/C34H37NO4/c1-5-39-33(36)23-30(28-18-12-19-29(22-28)34-31(37-3)20-13-21-32(34)38-4)35(24-26-14-8-6-9-15-26)25(2)27-16-10-7-11-17-27/h6-22,25,30H,5,23-24H2,1-4H3/t25-,30+/m1/s1. The van der Waals surface area contributed by atoms with Gasteiger partial charge in [-0.2, -0.15) is 0 Å². The van der Waals surface area contributed by atoms with Gasteiger partial charge in [0.2, 0.25) is 0 Å². The molecule has 0 N–H and O–H groups in total. The minimum Gasteiger partial charge on any atom is -0.496 e. The third-order valence-electron chi connectivity index (χ3n) is 7.04. The minimum absolute atomic E-state index is 0.0373. The Hall–Kier alpha value is -4.09. The van der Waals surface area contributed by atoms with Gasteiger partial charge in [0.05, 0.1) is 32.8 Å². The maximum Gasteiger partial charge on any atom is 0.307 e. The van der Waals surface area contributed by atoms with Crippen molar-refractivity contribution in [2.24, 2.45) is 0 Å². The Kier molecular flexibility index (Phi) is 9.76. The van der Waals surface area contributed by atoms with Gasteiger partial charge in [0.15, 0.2) is 0 Å². The van der Waals surface area contributed by atoms with E-state index in [1.54, 1.807) is 14.2 Å². The number of carbonyl (C=O) groups is 1. The lowest BCUT2D eigenvalue weighted by molar-refractivity contribution is -0.145. The fourth-order valence-corrected chi connectivity index (χ4v) is 5.08. The van der Waals surface area contributed by atoms with E-state index in [1.165, 1.54) is 11.1 Å². The van der Waals surface area contributed by atoms with Crippen molar-refractivity contribution >= 4 is 5.97 Å². The topological polar surface area (TPSA) is 48.0 Å². The lowest BCUT2D eigenvalue weighted by Gasteiger charge is -2.37. The number of nitrogens with zero attached hydrogens (tertiary/aromatic N) is 1. The maximum absolute atomic E-state index is 13.0. The van der Waals surface area contributed by atoms with Crippen LogP contribution in [0.15, 0.2) is 103 Å². The molecule has 0 fully saturated rings. The van der Waals surface area contributed by atoms with Gasteiger partial charge in [-0.1, -0.05) is 84.9 Å². The Bertz CT molecular complexity index is 1320. The average Bonchev–Trinajstić information content (AvgIpc) is 2.99. The molecule has 0 aliphatic heterocycles.